The van der Waals surface area contributed by atoms with Crippen LogP contribution in [0, 0.1) is 0 Å². The number of rotatable bonds is 3. The molecule has 0 saturated carbocycles. The van der Waals surface area contributed by atoms with Gasteiger partial charge in [0, 0.05) is 12.2 Å². The van der Waals surface area contributed by atoms with Crippen LogP contribution in [0.1, 0.15) is 46.1 Å². The Morgan fingerprint density at radius 1 is 1.40 bits per heavy atom. The lowest BCUT2D eigenvalue weighted by atomic mass is 9.87. The Bertz CT molecular complexity index is 713. The standard InChI is InChI=1S/C19H26N2O3S/c1-18(2,3)12-6-7-15(24-5)13(10-12)20-17(23)14-11-25-19(4)9-8-16(22)21(14)19/h6-7,10,14H,8-9,11H2,1-5H3,(H,20,23)/t14-,19-/m1/s1. The van der Waals surface area contributed by atoms with E-state index in [-0.39, 0.29) is 22.1 Å². The van der Waals surface area contributed by atoms with Crippen molar-refractivity contribution in [3.63, 3.8) is 0 Å². The quantitative estimate of drug-likeness (QED) is 0.895. The van der Waals surface area contributed by atoms with Gasteiger partial charge in [0.1, 0.15) is 11.8 Å². The highest BCUT2D eigenvalue weighted by Crippen LogP contribution is 2.47. The first-order valence-electron chi connectivity index (χ1n) is 8.61. The fourth-order valence-corrected chi connectivity index (χ4v) is 4.93. The zero-order chi connectivity index (χ0) is 18.4. The molecule has 2 saturated heterocycles. The van der Waals surface area contributed by atoms with E-state index in [0.717, 1.165) is 12.0 Å². The normalized spacial score (nSPS) is 25.9. The van der Waals surface area contributed by atoms with Gasteiger partial charge < -0.3 is 15.0 Å². The van der Waals surface area contributed by atoms with Gasteiger partial charge in [0.2, 0.25) is 11.8 Å². The number of nitrogens with one attached hydrogen (secondary N) is 1. The highest BCUT2D eigenvalue weighted by molar-refractivity contribution is 8.01. The Balaban J connectivity index is 1.85. The summed E-state index contributed by atoms with van der Waals surface area (Å²) in [6.07, 6.45) is 1.33. The van der Waals surface area contributed by atoms with Crippen molar-refractivity contribution < 1.29 is 14.3 Å². The van der Waals surface area contributed by atoms with Crippen LogP contribution in [-0.4, -0.2) is 40.5 Å². The van der Waals surface area contributed by atoms with Crippen LogP contribution in [0.15, 0.2) is 18.2 Å². The minimum Gasteiger partial charge on any atom is -0.495 e. The Morgan fingerprint density at radius 2 is 2.12 bits per heavy atom. The maximum absolute atomic E-state index is 12.9. The first-order chi connectivity index (χ1) is 11.7. The van der Waals surface area contributed by atoms with E-state index < -0.39 is 6.04 Å². The molecule has 2 aliphatic heterocycles. The Kier molecular flexibility index (Phi) is 4.52. The van der Waals surface area contributed by atoms with E-state index >= 15 is 0 Å². The Hall–Kier alpha value is -1.69. The molecule has 0 bridgehead atoms. The fourth-order valence-electron chi connectivity index (χ4n) is 3.50. The van der Waals surface area contributed by atoms with Gasteiger partial charge in [-0.05, 0) is 36.5 Å². The van der Waals surface area contributed by atoms with Gasteiger partial charge in [-0.15, -0.1) is 11.8 Å². The molecule has 2 amide bonds. The second-order valence-electron chi connectivity index (χ2n) is 7.92. The van der Waals surface area contributed by atoms with Gasteiger partial charge in [-0.1, -0.05) is 26.8 Å². The first kappa shape index (κ1) is 18.1. The zero-order valence-corrected chi connectivity index (χ0v) is 16.3. The molecule has 2 heterocycles. The second kappa shape index (κ2) is 6.24. The molecule has 6 heteroatoms. The molecule has 2 fully saturated rings. The topological polar surface area (TPSA) is 58.6 Å². The molecule has 5 nitrogen and oxygen atoms in total. The summed E-state index contributed by atoms with van der Waals surface area (Å²) in [7, 11) is 1.59. The van der Waals surface area contributed by atoms with E-state index in [9.17, 15) is 9.59 Å². The molecule has 1 aromatic rings. The predicted octanol–water partition coefficient (Wildman–Crippen LogP) is 3.39. The number of benzene rings is 1. The third kappa shape index (κ3) is 3.24. The Labute approximate surface area is 153 Å². The monoisotopic (exact) mass is 362 g/mol. The predicted molar refractivity (Wildman–Crippen MR) is 101 cm³/mol. The largest absolute Gasteiger partial charge is 0.495 e. The van der Waals surface area contributed by atoms with Crippen molar-refractivity contribution in [2.24, 2.45) is 0 Å². The number of fused-ring (bicyclic) bond motifs is 1. The zero-order valence-electron chi connectivity index (χ0n) is 15.5. The van der Waals surface area contributed by atoms with Crippen LogP contribution in [-0.2, 0) is 15.0 Å². The van der Waals surface area contributed by atoms with E-state index in [1.54, 1.807) is 23.8 Å². The SMILES string of the molecule is COc1ccc(C(C)(C)C)cc1NC(=O)[C@H]1CS[C@]2(C)CCC(=O)N12. The van der Waals surface area contributed by atoms with Crippen molar-refractivity contribution in [3.05, 3.63) is 23.8 Å². The lowest BCUT2D eigenvalue weighted by Gasteiger charge is -2.30. The van der Waals surface area contributed by atoms with Crippen LogP contribution in [0.2, 0.25) is 0 Å². The number of ether oxygens (including phenoxy) is 1. The van der Waals surface area contributed by atoms with Gasteiger partial charge in [0.05, 0.1) is 17.7 Å². The average Bonchev–Trinajstić information content (AvgIpc) is 3.03. The van der Waals surface area contributed by atoms with Gasteiger partial charge in [0.15, 0.2) is 0 Å². The summed E-state index contributed by atoms with van der Waals surface area (Å²) >= 11 is 1.70. The third-order valence-corrected chi connectivity index (χ3v) is 6.58. The van der Waals surface area contributed by atoms with Crippen LogP contribution in [0.5, 0.6) is 5.75 Å². The molecule has 1 aromatic carbocycles. The van der Waals surface area contributed by atoms with Gasteiger partial charge in [0.25, 0.3) is 0 Å². The maximum Gasteiger partial charge on any atom is 0.248 e. The van der Waals surface area contributed by atoms with Crippen LogP contribution in [0.3, 0.4) is 0 Å². The maximum atomic E-state index is 12.9. The molecule has 0 spiro atoms. The molecule has 2 atom stereocenters. The first-order valence-corrected chi connectivity index (χ1v) is 9.60. The summed E-state index contributed by atoms with van der Waals surface area (Å²) in [6.45, 7) is 8.43. The Morgan fingerprint density at radius 3 is 2.76 bits per heavy atom. The number of nitrogens with zero attached hydrogens (tertiary/aromatic N) is 1. The summed E-state index contributed by atoms with van der Waals surface area (Å²) in [6, 6.07) is 5.43. The van der Waals surface area contributed by atoms with E-state index in [4.69, 9.17) is 4.74 Å². The van der Waals surface area contributed by atoms with Crippen LogP contribution in [0.25, 0.3) is 0 Å². The van der Waals surface area contributed by atoms with Crippen molar-refractivity contribution in [2.45, 2.75) is 56.9 Å². The van der Waals surface area contributed by atoms with E-state index in [1.165, 1.54) is 0 Å². The minimum atomic E-state index is -0.423. The number of amides is 2. The van der Waals surface area contributed by atoms with Gasteiger partial charge in [-0.3, -0.25) is 9.59 Å². The lowest BCUT2D eigenvalue weighted by molar-refractivity contribution is -0.135. The minimum absolute atomic E-state index is 0.0293. The number of methoxy groups -OCH3 is 1. The lowest BCUT2D eigenvalue weighted by Crippen LogP contribution is -2.48. The molecule has 0 unspecified atom stereocenters. The fraction of sp³-hybridized carbons (Fsp3) is 0.579. The molecule has 25 heavy (non-hydrogen) atoms. The van der Waals surface area contributed by atoms with E-state index in [2.05, 4.69) is 33.0 Å². The van der Waals surface area contributed by atoms with Crippen molar-refractivity contribution in [2.75, 3.05) is 18.2 Å². The van der Waals surface area contributed by atoms with E-state index in [0.29, 0.717) is 23.6 Å². The van der Waals surface area contributed by atoms with Crippen molar-refractivity contribution >= 4 is 29.3 Å². The second-order valence-corrected chi connectivity index (χ2v) is 9.42. The summed E-state index contributed by atoms with van der Waals surface area (Å²) in [5.74, 6) is 1.19. The smallest absolute Gasteiger partial charge is 0.248 e. The molecular weight excluding hydrogens is 336 g/mol. The van der Waals surface area contributed by atoms with Crippen LogP contribution < -0.4 is 10.1 Å². The number of thioether (sulfide) groups is 1. The number of carbonyl (C=O) groups is 2. The molecule has 1 N–H and O–H groups in total. The highest BCUT2D eigenvalue weighted by Gasteiger charge is 2.52. The summed E-state index contributed by atoms with van der Waals surface area (Å²) in [5.41, 5.74) is 1.75. The van der Waals surface area contributed by atoms with Crippen molar-refractivity contribution in [1.82, 2.24) is 4.90 Å². The molecular formula is C19H26N2O3S. The average molecular weight is 362 g/mol. The van der Waals surface area contributed by atoms with Gasteiger partial charge >= 0.3 is 0 Å². The van der Waals surface area contributed by atoms with Crippen molar-refractivity contribution in [1.29, 1.82) is 0 Å². The van der Waals surface area contributed by atoms with E-state index in [1.807, 2.05) is 18.2 Å². The highest BCUT2D eigenvalue weighted by atomic mass is 32.2. The summed E-state index contributed by atoms with van der Waals surface area (Å²) in [5, 5.41) is 3.00. The van der Waals surface area contributed by atoms with Gasteiger partial charge in [-0.25, -0.2) is 0 Å². The van der Waals surface area contributed by atoms with Crippen LogP contribution >= 0.6 is 11.8 Å². The van der Waals surface area contributed by atoms with Crippen molar-refractivity contribution in [3.8, 4) is 5.75 Å². The van der Waals surface area contributed by atoms with Crippen LogP contribution in [0.4, 0.5) is 5.69 Å². The molecule has 0 aliphatic carbocycles. The molecule has 3 rings (SSSR count). The molecule has 136 valence electrons. The number of hydrogen-bond acceptors (Lipinski definition) is 4. The number of carbonyl (C=O) groups excluding carboxylic acids is 2. The van der Waals surface area contributed by atoms with Gasteiger partial charge in [-0.2, -0.15) is 0 Å². The molecule has 2 aliphatic rings. The number of anilines is 1. The number of hydrogen-bond donors (Lipinski definition) is 1. The third-order valence-electron chi connectivity index (χ3n) is 5.07. The summed E-state index contributed by atoms with van der Waals surface area (Å²) in [4.78, 5) is 26.7. The molecule has 0 aromatic heterocycles. The molecule has 0 radical (unpaired) electrons. The summed E-state index contributed by atoms with van der Waals surface area (Å²) < 4.78 is 5.40.